The van der Waals surface area contributed by atoms with Gasteiger partial charge in [-0.1, -0.05) is 18.2 Å². The van der Waals surface area contributed by atoms with Crippen LogP contribution in [-0.2, 0) is 10.2 Å². The summed E-state index contributed by atoms with van der Waals surface area (Å²) in [5.74, 6) is 0.620. The molecule has 2 heterocycles. The fourth-order valence-electron chi connectivity index (χ4n) is 3.41. The molecule has 2 aliphatic rings. The number of hydrogen-bond acceptors (Lipinski definition) is 5. The first-order valence-electron chi connectivity index (χ1n) is 8.05. The number of fused-ring (bicyclic) bond motifs is 1. The molecule has 3 rings (SSSR count). The number of nitrogens with zero attached hydrogens (tertiary/aromatic N) is 2. The van der Waals surface area contributed by atoms with Gasteiger partial charge in [-0.25, -0.2) is 4.79 Å². The molecule has 1 saturated heterocycles. The highest BCUT2D eigenvalue weighted by Gasteiger charge is 2.62. The topological polar surface area (TPSA) is 82.8 Å². The first-order chi connectivity index (χ1) is 11.2. The maximum Gasteiger partial charge on any atom is 0.410 e. The number of likely N-dealkylation sites (tertiary alicyclic amines) is 1. The monoisotopic (exact) mass is 330 g/mol. The number of nitriles is 1. The first kappa shape index (κ1) is 16.6. The summed E-state index contributed by atoms with van der Waals surface area (Å²) in [6.45, 7) is 5.89. The maximum absolute atomic E-state index is 12.1. The summed E-state index contributed by atoms with van der Waals surface area (Å²) in [4.78, 5) is 13.6. The number of rotatable bonds is 1. The second-order valence-electron chi connectivity index (χ2n) is 7.48. The number of benzene rings is 1. The Hall–Kier alpha value is -2.26. The normalized spacial score (nSPS) is 24.9. The molecule has 128 valence electrons. The van der Waals surface area contributed by atoms with Crippen molar-refractivity contribution in [2.45, 2.75) is 43.8 Å². The highest BCUT2D eigenvalue weighted by atomic mass is 16.6. The zero-order valence-corrected chi connectivity index (χ0v) is 14.2. The largest absolute Gasteiger partial charge is 0.493 e. The Morgan fingerprint density at radius 3 is 2.67 bits per heavy atom. The molecule has 2 aliphatic heterocycles. The van der Waals surface area contributed by atoms with E-state index in [1.165, 1.54) is 4.90 Å². The number of ether oxygens (including phenoxy) is 2. The summed E-state index contributed by atoms with van der Waals surface area (Å²) in [6, 6.07) is 9.59. The number of aliphatic hydroxyl groups is 1. The van der Waals surface area contributed by atoms with Crippen LogP contribution in [0.25, 0.3) is 0 Å². The fourth-order valence-corrected chi connectivity index (χ4v) is 3.41. The zero-order chi connectivity index (χ0) is 17.6. The lowest BCUT2D eigenvalue weighted by atomic mass is 9.62. The van der Waals surface area contributed by atoms with Crippen LogP contribution in [0.2, 0.25) is 0 Å². The fraction of sp³-hybridized carbons (Fsp3) is 0.556. The zero-order valence-electron chi connectivity index (χ0n) is 14.2. The Balaban J connectivity index is 1.85. The van der Waals surface area contributed by atoms with Crippen LogP contribution in [0.4, 0.5) is 4.79 Å². The molecule has 6 heteroatoms. The van der Waals surface area contributed by atoms with Crippen molar-refractivity contribution in [2.75, 3.05) is 19.7 Å². The standard InChI is InChI=1S/C18H22N2O4/c1-16(2,3)24-15(21)20-11-18(22,12-20)17(10-19)8-9-23-14-7-5-4-6-13(14)17/h4-7,22H,8-9,11-12H2,1-3H3. The van der Waals surface area contributed by atoms with Crippen molar-refractivity contribution >= 4 is 6.09 Å². The quantitative estimate of drug-likeness (QED) is 0.853. The van der Waals surface area contributed by atoms with Gasteiger partial charge in [-0.05, 0) is 26.8 Å². The minimum Gasteiger partial charge on any atom is -0.493 e. The van der Waals surface area contributed by atoms with E-state index in [1.54, 1.807) is 26.8 Å². The van der Waals surface area contributed by atoms with Crippen molar-refractivity contribution in [1.29, 1.82) is 5.26 Å². The number of hydrogen-bond donors (Lipinski definition) is 1. The lowest BCUT2D eigenvalue weighted by Gasteiger charge is -2.55. The molecule has 0 bridgehead atoms. The predicted octanol–water partition coefficient (Wildman–Crippen LogP) is 2.21. The Morgan fingerprint density at radius 1 is 1.38 bits per heavy atom. The molecular formula is C18H22N2O4. The maximum atomic E-state index is 12.1. The van der Waals surface area contributed by atoms with Crippen LogP contribution < -0.4 is 4.74 Å². The average molecular weight is 330 g/mol. The molecule has 1 amide bonds. The van der Waals surface area contributed by atoms with Crippen molar-refractivity contribution in [3.05, 3.63) is 29.8 Å². The molecule has 1 fully saturated rings. The Labute approximate surface area is 141 Å². The Bertz CT molecular complexity index is 698. The van der Waals surface area contributed by atoms with Crippen molar-refractivity contribution in [3.63, 3.8) is 0 Å². The molecule has 0 aliphatic carbocycles. The molecule has 1 N–H and O–H groups in total. The van der Waals surface area contributed by atoms with Crippen LogP contribution in [0, 0.1) is 11.3 Å². The van der Waals surface area contributed by atoms with Gasteiger partial charge in [0.05, 0.1) is 25.8 Å². The van der Waals surface area contributed by atoms with Gasteiger partial charge in [0.2, 0.25) is 0 Å². The Morgan fingerprint density at radius 2 is 2.04 bits per heavy atom. The molecular weight excluding hydrogens is 308 g/mol. The van der Waals surface area contributed by atoms with Crippen LogP contribution in [0.1, 0.15) is 32.8 Å². The minimum atomic E-state index is -1.31. The van der Waals surface area contributed by atoms with Crippen LogP contribution in [-0.4, -0.2) is 47.0 Å². The van der Waals surface area contributed by atoms with E-state index in [2.05, 4.69) is 6.07 Å². The molecule has 1 aromatic carbocycles. The highest BCUT2D eigenvalue weighted by Crippen LogP contribution is 2.49. The molecule has 1 aromatic rings. The summed E-state index contributed by atoms with van der Waals surface area (Å²) in [5, 5.41) is 21.0. The van der Waals surface area contributed by atoms with Gasteiger partial charge in [-0.3, -0.25) is 0 Å². The van der Waals surface area contributed by atoms with E-state index < -0.39 is 22.7 Å². The van der Waals surface area contributed by atoms with Crippen molar-refractivity contribution in [3.8, 4) is 11.8 Å². The van der Waals surface area contributed by atoms with Crippen LogP contribution in [0.5, 0.6) is 5.75 Å². The number of amides is 1. The van der Waals surface area contributed by atoms with E-state index in [0.29, 0.717) is 24.3 Å². The lowest BCUT2D eigenvalue weighted by Crippen LogP contribution is -2.73. The summed E-state index contributed by atoms with van der Waals surface area (Å²) in [6.07, 6.45) is -0.0836. The van der Waals surface area contributed by atoms with Gasteiger partial charge in [0.15, 0.2) is 0 Å². The molecule has 1 atom stereocenters. The first-order valence-corrected chi connectivity index (χ1v) is 8.05. The summed E-state index contributed by atoms with van der Waals surface area (Å²) in [5.41, 5.74) is -2.30. The third kappa shape index (κ3) is 2.49. The van der Waals surface area contributed by atoms with Crippen LogP contribution in [0.15, 0.2) is 24.3 Å². The Kier molecular flexibility index (Phi) is 3.72. The smallest absolute Gasteiger partial charge is 0.410 e. The number of carbonyl (C=O) groups is 1. The van der Waals surface area contributed by atoms with E-state index in [0.717, 1.165) is 0 Å². The van der Waals surface area contributed by atoms with E-state index in [1.807, 2.05) is 18.2 Å². The number of para-hydroxylation sites is 1. The average Bonchev–Trinajstić information content (AvgIpc) is 2.49. The summed E-state index contributed by atoms with van der Waals surface area (Å²) in [7, 11) is 0. The molecule has 1 unspecified atom stereocenters. The third-order valence-electron chi connectivity index (χ3n) is 4.62. The van der Waals surface area contributed by atoms with Gasteiger partial charge >= 0.3 is 6.09 Å². The van der Waals surface area contributed by atoms with Gasteiger partial charge in [-0.2, -0.15) is 5.26 Å². The lowest BCUT2D eigenvalue weighted by molar-refractivity contribution is -0.137. The second kappa shape index (κ2) is 5.38. The van der Waals surface area contributed by atoms with Crippen LogP contribution in [0.3, 0.4) is 0 Å². The second-order valence-corrected chi connectivity index (χ2v) is 7.48. The van der Waals surface area contributed by atoms with Crippen LogP contribution >= 0.6 is 0 Å². The molecule has 24 heavy (non-hydrogen) atoms. The van der Waals surface area contributed by atoms with Crippen molar-refractivity contribution < 1.29 is 19.4 Å². The van der Waals surface area contributed by atoms with Gasteiger partial charge in [0.25, 0.3) is 0 Å². The molecule has 6 nitrogen and oxygen atoms in total. The summed E-state index contributed by atoms with van der Waals surface area (Å²) >= 11 is 0. The van der Waals surface area contributed by atoms with Crippen molar-refractivity contribution in [1.82, 2.24) is 4.90 Å². The highest BCUT2D eigenvalue weighted by molar-refractivity contribution is 5.70. The number of β-amino-alcohol motifs (C(OH)–C–C–N with tert-alkyl or cyclic N) is 1. The van der Waals surface area contributed by atoms with Gasteiger partial charge in [0.1, 0.15) is 22.4 Å². The van der Waals surface area contributed by atoms with E-state index in [9.17, 15) is 15.2 Å². The molecule has 0 spiro atoms. The third-order valence-corrected chi connectivity index (χ3v) is 4.62. The van der Waals surface area contributed by atoms with E-state index >= 15 is 0 Å². The van der Waals surface area contributed by atoms with Gasteiger partial charge < -0.3 is 19.5 Å². The molecule has 0 radical (unpaired) electrons. The van der Waals surface area contributed by atoms with E-state index in [4.69, 9.17) is 9.47 Å². The SMILES string of the molecule is CC(C)(C)OC(=O)N1CC(O)(C2(C#N)CCOc3ccccc32)C1. The predicted molar refractivity (Wildman–Crippen MR) is 86.6 cm³/mol. The summed E-state index contributed by atoms with van der Waals surface area (Å²) < 4.78 is 10.9. The van der Waals surface area contributed by atoms with Gasteiger partial charge in [0, 0.05) is 12.0 Å². The molecule has 0 aromatic heterocycles. The van der Waals surface area contributed by atoms with E-state index in [-0.39, 0.29) is 13.1 Å². The minimum absolute atomic E-state index is 0.0732. The van der Waals surface area contributed by atoms with Crippen molar-refractivity contribution in [2.24, 2.45) is 0 Å². The van der Waals surface area contributed by atoms with Gasteiger partial charge in [-0.15, -0.1) is 0 Å². The molecule has 0 saturated carbocycles. The number of carbonyl (C=O) groups excluding carboxylic acids is 1.